The summed E-state index contributed by atoms with van der Waals surface area (Å²) >= 11 is 0. The molecule has 1 aromatic heterocycles. The van der Waals surface area contributed by atoms with Gasteiger partial charge in [0.15, 0.2) is 0 Å². The number of rotatable bonds is 5. The van der Waals surface area contributed by atoms with Gasteiger partial charge in [-0.25, -0.2) is 0 Å². The van der Waals surface area contributed by atoms with Crippen LogP contribution in [-0.2, 0) is 13.1 Å². The average Bonchev–Trinajstić information content (AvgIpc) is 2.62. The summed E-state index contributed by atoms with van der Waals surface area (Å²) in [6, 6.07) is 12.1. The van der Waals surface area contributed by atoms with Crippen molar-refractivity contribution in [3.05, 3.63) is 65.0 Å². The molecule has 0 spiro atoms. The number of benzene rings is 1. The first kappa shape index (κ1) is 16.7. The Hall–Kier alpha value is -2.20. The molecule has 0 atom stereocenters. The molecule has 2 aromatic rings. The normalized spacial score (nSPS) is 15.2. The van der Waals surface area contributed by atoms with Crippen LogP contribution in [0.5, 0.6) is 0 Å². The van der Waals surface area contributed by atoms with Crippen LogP contribution in [-0.4, -0.2) is 28.9 Å². The van der Waals surface area contributed by atoms with Crippen LogP contribution >= 0.6 is 0 Å². The summed E-state index contributed by atoms with van der Waals surface area (Å²) in [5.74, 6) is -0.0738. The van der Waals surface area contributed by atoms with Crippen LogP contribution in [0.1, 0.15) is 46.4 Å². The Morgan fingerprint density at radius 1 is 1.08 bits per heavy atom. The van der Waals surface area contributed by atoms with Crippen molar-refractivity contribution in [3.63, 3.8) is 0 Å². The quantitative estimate of drug-likeness (QED) is 0.918. The second-order valence-corrected chi connectivity index (χ2v) is 6.48. The van der Waals surface area contributed by atoms with Crippen LogP contribution in [0.25, 0.3) is 0 Å². The lowest BCUT2D eigenvalue weighted by molar-refractivity contribution is 0.0950. The van der Waals surface area contributed by atoms with Gasteiger partial charge in [-0.05, 0) is 56.1 Å². The van der Waals surface area contributed by atoms with Crippen molar-refractivity contribution in [2.75, 3.05) is 13.1 Å². The Bertz CT molecular complexity index is 676. The van der Waals surface area contributed by atoms with E-state index in [2.05, 4.69) is 33.4 Å². The van der Waals surface area contributed by atoms with Gasteiger partial charge < -0.3 is 5.32 Å². The number of nitrogens with zero attached hydrogens (tertiary/aromatic N) is 2. The minimum Gasteiger partial charge on any atom is -0.348 e. The zero-order valence-electron chi connectivity index (χ0n) is 14.3. The second kappa shape index (κ2) is 8.06. The fourth-order valence-corrected chi connectivity index (χ4v) is 3.12. The molecule has 3 rings (SSSR count). The van der Waals surface area contributed by atoms with Crippen molar-refractivity contribution >= 4 is 5.91 Å². The lowest BCUT2D eigenvalue weighted by Crippen LogP contribution is -2.30. The highest BCUT2D eigenvalue weighted by atomic mass is 16.1. The number of nitrogens with one attached hydrogen (secondary N) is 1. The number of piperidine rings is 1. The van der Waals surface area contributed by atoms with Crippen molar-refractivity contribution in [2.45, 2.75) is 39.3 Å². The molecule has 4 heteroatoms. The van der Waals surface area contributed by atoms with Gasteiger partial charge in [-0.1, -0.05) is 30.7 Å². The lowest BCUT2D eigenvalue weighted by Gasteiger charge is -2.27. The Labute approximate surface area is 143 Å². The van der Waals surface area contributed by atoms with Crippen molar-refractivity contribution in [1.82, 2.24) is 15.2 Å². The van der Waals surface area contributed by atoms with Gasteiger partial charge in [0, 0.05) is 25.0 Å². The minimum absolute atomic E-state index is 0.0738. The minimum atomic E-state index is -0.0738. The summed E-state index contributed by atoms with van der Waals surface area (Å²) in [7, 11) is 0. The average molecular weight is 323 g/mol. The van der Waals surface area contributed by atoms with Crippen molar-refractivity contribution < 1.29 is 4.79 Å². The fraction of sp³-hybridized carbons (Fsp3) is 0.400. The van der Waals surface area contributed by atoms with Crippen LogP contribution in [0.4, 0.5) is 0 Å². The Kier molecular flexibility index (Phi) is 5.59. The Morgan fingerprint density at radius 2 is 1.83 bits per heavy atom. The van der Waals surface area contributed by atoms with Crippen LogP contribution in [0, 0.1) is 6.92 Å². The maximum atomic E-state index is 12.3. The topological polar surface area (TPSA) is 45.2 Å². The van der Waals surface area contributed by atoms with Gasteiger partial charge in [0.25, 0.3) is 5.91 Å². The number of amides is 1. The standard InChI is InChI=1S/C20H25N3O/c1-16-9-10-18(14-21-16)20(24)22-13-17-7-3-4-8-19(17)15-23-11-5-2-6-12-23/h3-4,7-10,14H,2,5-6,11-13,15H2,1H3,(H,22,24). The summed E-state index contributed by atoms with van der Waals surface area (Å²) < 4.78 is 0. The molecule has 0 bridgehead atoms. The van der Waals surface area contributed by atoms with E-state index in [0.29, 0.717) is 12.1 Å². The van der Waals surface area contributed by atoms with E-state index in [4.69, 9.17) is 0 Å². The van der Waals surface area contributed by atoms with Gasteiger partial charge >= 0.3 is 0 Å². The number of pyridine rings is 1. The summed E-state index contributed by atoms with van der Waals surface area (Å²) in [5, 5.41) is 3.01. The third-order valence-corrected chi connectivity index (χ3v) is 4.57. The van der Waals surface area contributed by atoms with Gasteiger partial charge in [0.05, 0.1) is 5.56 Å². The third kappa shape index (κ3) is 4.42. The largest absolute Gasteiger partial charge is 0.348 e. The number of carbonyl (C=O) groups is 1. The summed E-state index contributed by atoms with van der Waals surface area (Å²) in [6.45, 7) is 5.79. The number of likely N-dealkylation sites (tertiary alicyclic amines) is 1. The van der Waals surface area contributed by atoms with Crippen LogP contribution < -0.4 is 5.32 Å². The molecule has 1 fully saturated rings. The molecular weight excluding hydrogens is 298 g/mol. The molecule has 0 radical (unpaired) electrons. The monoisotopic (exact) mass is 323 g/mol. The van der Waals surface area contributed by atoms with Gasteiger partial charge in [-0.3, -0.25) is 14.7 Å². The highest BCUT2D eigenvalue weighted by Crippen LogP contribution is 2.16. The zero-order chi connectivity index (χ0) is 16.8. The van der Waals surface area contributed by atoms with E-state index < -0.39 is 0 Å². The molecule has 1 N–H and O–H groups in total. The van der Waals surface area contributed by atoms with E-state index in [0.717, 1.165) is 12.2 Å². The molecule has 1 saturated heterocycles. The molecule has 0 aliphatic carbocycles. The highest BCUT2D eigenvalue weighted by Gasteiger charge is 2.13. The maximum Gasteiger partial charge on any atom is 0.253 e. The van der Waals surface area contributed by atoms with E-state index in [9.17, 15) is 4.79 Å². The third-order valence-electron chi connectivity index (χ3n) is 4.57. The van der Waals surface area contributed by atoms with E-state index in [-0.39, 0.29) is 5.91 Å². The highest BCUT2D eigenvalue weighted by molar-refractivity contribution is 5.93. The van der Waals surface area contributed by atoms with Gasteiger partial charge in [-0.15, -0.1) is 0 Å². The van der Waals surface area contributed by atoms with Crippen LogP contribution in [0.2, 0.25) is 0 Å². The number of hydrogen-bond donors (Lipinski definition) is 1. The second-order valence-electron chi connectivity index (χ2n) is 6.48. The zero-order valence-corrected chi connectivity index (χ0v) is 14.3. The van der Waals surface area contributed by atoms with E-state index in [1.54, 1.807) is 6.20 Å². The summed E-state index contributed by atoms with van der Waals surface area (Å²) in [5.41, 5.74) is 4.02. The van der Waals surface area contributed by atoms with Crippen LogP contribution in [0.3, 0.4) is 0 Å². The molecule has 2 heterocycles. The Morgan fingerprint density at radius 3 is 2.54 bits per heavy atom. The van der Waals surface area contributed by atoms with E-state index >= 15 is 0 Å². The molecule has 4 nitrogen and oxygen atoms in total. The predicted molar refractivity (Wildman–Crippen MR) is 95.7 cm³/mol. The molecule has 0 saturated carbocycles. The maximum absolute atomic E-state index is 12.3. The van der Waals surface area contributed by atoms with E-state index in [1.807, 2.05) is 25.1 Å². The number of carbonyl (C=O) groups excluding carboxylic acids is 1. The van der Waals surface area contributed by atoms with Crippen molar-refractivity contribution in [2.24, 2.45) is 0 Å². The SMILES string of the molecule is Cc1ccc(C(=O)NCc2ccccc2CN2CCCCC2)cn1. The first-order valence-electron chi connectivity index (χ1n) is 8.72. The summed E-state index contributed by atoms with van der Waals surface area (Å²) in [6.07, 6.45) is 5.56. The Balaban J connectivity index is 1.62. The first-order valence-corrected chi connectivity index (χ1v) is 8.72. The van der Waals surface area contributed by atoms with Gasteiger partial charge in [0.2, 0.25) is 0 Å². The van der Waals surface area contributed by atoms with Gasteiger partial charge in [0.1, 0.15) is 0 Å². The fourth-order valence-electron chi connectivity index (χ4n) is 3.12. The van der Waals surface area contributed by atoms with E-state index in [1.165, 1.54) is 43.5 Å². The molecule has 24 heavy (non-hydrogen) atoms. The van der Waals surface area contributed by atoms with Gasteiger partial charge in [-0.2, -0.15) is 0 Å². The molecule has 1 aliphatic rings. The van der Waals surface area contributed by atoms with Crippen LogP contribution in [0.15, 0.2) is 42.6 Å². The molecular formula is C20H25N3O. The number of hydrogen-bond acceptors (Lipinski definition) is 3. The molecule has 1 aromatic carbocycles. The lowest BCUT2D eigenvalue weighted by atomic mass is 10.0. The number of aryl methyl sites for hydroxylation is 1. The van der Waals surface area contributed by atoms with Crippen molar-refractivity contribution in [3.8, 4) is 0 Å². The van der Waals surface area contributed by atoms with Crippen molar-refractivity contribution in [1.29, 1.82) is 0 Å². The predicted octanol–water partition coefficient (Wildman–Crippen LogP) is 3.31. The molecule has 1 amide bonds. The molecule has 1 aliphatic heterocycles. The summed E-state index contributed by atoms with van der Waals surface area (Å²) in [4.78, 5) is 19.0. The number of aromatic nitrogens is 1. The molecule has 0 unspecified atom stereocenters. The smallest absolute Gasteiger partial charge is 0.253 e. The molecule has 126 valence electrons. The first-order chi connectivity index (χ1) is 11.7.